The van der Waals surface area contributed by atoms with Crippen molar-refractivity contribution in [1.29, 1.82) is 0 Å². The molecule has 1 aliphatic rings. The second-order valence-corrected chi connectivity index (χ2v) is 10.7. The summed E-state index contributed by atoms with van der Waals surface area (Å²) in [6.07, 6.45) is 0.951. The summed E-state index contributed by atoms with van der Waals surface area (Å²) in [4.78, 5) is 6.89. The molecule has 1 aromatic heterocycles. The largest absolute Gasteiger partial charge is 0.506 e. The van der Waals surface area contributed by atoms with E-state index in [1.54, 1.807) is 0 Å². The summed E-state index contributed by atoms with van der Waals surface area (Å²) in [6.45, 7) is 14.1. The molecule has 1 N–H and O–H groups in total. The van der Waals surface area contributed by atoms with E-state index in [0.29, 0.717) is 10.8 Å². The number of fused-ring (bicyclic) bond motifs is 2. The van der Waals surface area contributed by atoms with Crippen LogP contribution in [0.2, 0.25) is 0 Å². The van der Waals surface area contributed by atoms with Crippen LogP contribution in [0.15, 0.2) is 40.6 Å². The fraction of sp³-hybridized carbons (Fsp3) is 0.435. The smallest absolute Gasteiger partial charge is 0.231 e. The van der Waals surface area contributed by atoms with Gasteiger partial charge < -0.3 is 10.0 Å². The quantitative estimate of drug-likeness (QED) is 0.470. The number of phenolic OH excluding ortho intramolecular Hbond substituents is 1. The number of phenols is 1. The third kappa shape index (κ3) is 3.86. The minimum atomic E-state index is 0.0215. The molecule has 0 radical (unpaired) electrons. The van der Waals surface area contributed by atoms with Crippen molar-refractivity contribution in [3.05, 3.63) is 41.5 Å². The molecule has 0 unspecified atom stereocenters. The van der Waals surface area contributed by atoms with Crippen molar-refractivity contribution in [3.63, 3.8) is 0 Å². The number of aromatic nitrogens is 1. The minimum absolute atomic E-state index is 0.0215. The molecule has 2 aromatic carbocycles. The van der Waals surface area contributed by atoms with Crippen LogP contribution in [0.1, 0.15) is 52.7 Å². The fourth-order valence-electron chi connectivity index (χ4n) is 3.71. The molecular formula is C23H28N4OS. The van der Waals surface area contributed by atoms with Gasteiger partial charge in [-0.05, 0) is 61.9 Å². The molecule has 29 heavy (non-hydrogen) atoms. The highest BCUT2D eigenvalue weighted by Gasteiger charge is 2.29. The Morgan fingerprint density at radius 2 is 1.79 bits per heavy atom. The summed E-state index contributed by atoms with van der Waals surface area (Å²) in [6, 6.07) is 10.1. The Bertz CT molecular complexity index is 1100. The molecule has 152 valence electrons. The number of rotatable bonds is 2. The van der Waals surface area contributed by atoms with E-state index in [9.17, 15) is 5.11 Å². The van der Waals surface area contributed by atoms with E-state index in [1.807, 2.05) is 18.2 Å². The van der Waals surface area contributed by atoms with Crippen LogP contribution in [0, 0.1) is 0 Å². The van der Waals surface area contributed by atoms with Crippen molar-refractivity contribution < 1.29 is 5.11 Å². The molecule has 5 nitrogen and oxygen atoms in total. The van der Waals surface area contributed by atoms with Gasteiger partial charge in [0.05, 0.1) is 10.2 Å². The lowest BCUT2D eigenvalue weighted by atomic mass is 9.87. The van der Waals surface area contributed by atoms with Crippen LogP contribution in [0.25, 0.3) is 10.2 Å². The maximum atomic E-state index is 10.5. The van der Waals surface area contributed by atoms with Gasteiger partial charge in [0.15, 0.2) is 0 Å². The number of aromatic hydroxyl groups is 1. The molecule has 0 spiro atoms. The molecule has 0 fully saturated rings. The van der Waals surface area contributed by atoms with Crippen LogP contribution < -0.4 is 4.90 Å². The van der Waals surface area contributed by atoms with Gasteiger partial charge >= 0.3 is 0 Å². The first-order chi connectivity index (χ1) is 13.5. The van der Waals surface area contributed by atoms with Gasteiger partial charge in [-0.2, -0.15) is 0 Å². The van der Waals surface area contributed by atoms with Gasteiger partial charge in [0.2, 0.25) is 5.13 Å². The van der Waals surface area contributed by atoms with Crippen LogP contribution in [0.3, 0.4) is 0 Å². The monoisotopic (exact) mass is 408 g/mol. The molecule has 0 atom stereocenters. The predicted octanol–water partition coefficient (Wildman–Crippen LogP) is 6.88. The number of benzene rings is 2. The van der Waals surface area contributed by atoms with E-state index >= 15 is 0 Å². The summed E-state index contributed by atoms with van der Waals surface area (Å²) in [5, 5.41) is 19.7. The van der Waals surface area contributed by atoms with Crippen molar-refractivity contribution in [2.75, 3.05) is 11.4 Å². The lowest BCUT2D eigenvalue weighted by Gasteiger charge is -2.34. The van der Waals surface area contributed by atoms with Gasteiger partial charge in [-0.3, -0.25) is 0 Å². The highest BCUT2D eigenvalue weighted by atomic mass is 32.1. The summed E-state index contributed by atoms with van der Waals surface area (Å²) < 4.78 is 1.10. The number of azo groups is 1. The van der Waals surface area contributed by atoms with Gasteiger partial charge in [0, 0.05) is 23.8 Å². The Morgan fingerprint density at radius 3 is 2.48 bits per heavy atom. The maximum absolute atomic E-state index is 10.5. The summed E-state index contributed by atoms with van der Waals surface area (Å²) >= 11 is 1.52. The molecule has 0 aliphatic carbocycles. The Balaban J connectivity index is 1.63. The zero-order valence-electron chi connectivity index (χ0n) is 17.9. The number of hydrogen-bond donors (Lipinski definition) is 1. The van der Waals surface area contributed by atoms with Gasteiger partial charge in [0.1, 0.15) is 11.4 Å². The Morgan fingerprint density at radius 1 is 1.03 bits per heavy atom. The highest BCUT2D eigenvalue weighted by Crippen LogP contribution is 2.41. The van der Waals surface area contributed by atoms with E-state index in [0.717, 1.165) is 28.9 Å². The minimum Gasteiger partial charge on any atom is -0.506 e. The summed E-state index contributed by atoms with van der Waals surface area (Å²) in [5.74, 6) is 0.153. The Labute approximate surface area is 176 Å². The molecule has 0 saturated heterocycles. The fourth-order valence-corrected chi connectivity index (χ4v) is 4.53. The highest BCUT2D eigenvalue weighted by molar-refractivity contribution is 7.21. The Hall–Kier alpha value is -2.47. The van der Waals surface area contributed by atoms with Crippen LogP contribution in [-0.2, 0) is 11.8 Å². The summed E-state index contributed by atoms with van der Waals surface area (Å²) in [5.41, 5.74) is 5.10. The molecule has 6 heteroatoms. The molecular weight excluding hydrogens is 380 g/mol. The number of thiazole rings is 1. The lowest BCUT2D eigenvalue weighted by Crippen LogP contribution is -2.40. The molecule has 1 aliphatic heterocycles. The summed E-state index contributed by atoms with van der Waals surface area (Å²) in [7, 11) is 0. The van der Waals surface area contributed by atoms with Gasteiger partial charge in [0.25, 0.3) is 0 Å². The average Bonchev–Trinajstić information content (AvgIpc) is 3.20. The van der Waals surface area contributed by atoms with Crippen LogP contribution in [-0.4, -0.2) is 22.2 Å². The van der Waals surface area contributed by atoms with Gasteiger partial charge in [-0.25, -0.2) is 4.98 Å². The van der Waals surface area contributed by atoms with Crippen molar-refractivity contribution >= 4 is 38.1 Å². The topological polar surface area (TPSA) is 61.1 Å². The first-order valence-corrected chi connectivity index (χ1v) is 10.8. The van der Waals surface area contributed by atoms with Crippen LogP contribution >= 0.6 is 11.3 Å². The number of anilines is 1. The third-order valence-corrected chi connectivity index (χ3v) is 6.27. The second-order valence-electron chi connectivity index (χ2n) is 9.67. The van der Waals surface area contributed by atoms with E-state index < -0.39 is 0 Å². The Kier molecular flexibility index (Phi) is 4.65. The predicted molar refractivity (Wildman–Crippen MR) is 121 cm³/mol. The van der Waals surface area contributed by atoms with Crippen molar-refractivity contribution in [1.82, 2.24) is 4.98 Å². The van der Waals surface area contributed by atoms with Crippen LogP contribution in [0.4, 0.5) is 16.5 Å². The first-order valence-electron chi connectivity index (χ1n) is 9.99. The van der Waals surface area contributed by atoms with Crippen LogP contribution in [0.5, 0.6) is 5.75 Å². The molecule has 0 amide bonds. The van der Waals surface area contributed by atoms with E-state index in [-0.39, 0.29) is 16.7 Å². The molecule has 4 rings (SSSR count). The van der Waals surface area contributed by atoms with Crippen molar-refractivity contribution in [2.24, 2.45) is 10.2 Å². The first kappa shape index (κ1) is 19.8. The molecule has 0 saturated carbocycles. The molecule has 2 heterocycles. The molecule has 0 bridgehead atoms. The second kappa shape index (κ2) is 6.80. The van der Waals surface area contributed by atoms with Gasteiger partial charge in [-0.1, -0.05) is 38.2 Å². The van der Waals surface area contributed by atoms with Crippen molar-refractivity contribution in [2.45, 2.75) is 58.9 Å². The number of nitrogens with zero attached hydrogens (tertiary/aromatic N) is 4. The zero-order chi connectivity index (χ0) is 21.0. The molecule has 3 aromatic rings. The zero-order valence-corrected chi connectivity index (χ0v) is 18.8. The van der Waals surface area contributed by atoms with Gasteiger partial charge in [-0.15, -0.1) is 10.2 Å². The van der Waals surface area contributed by atoms with Crippen molar-refractivity contribution in [3.8, 4) is 5.75 Å². The van der Waals surface area contributed by atoms with E-state index in [1.165, 1.54) is 22.5 Å². The average molecular weight is 409 g/mol. The van der Waals surface area contributed by atoms with E-state index in [2.05, 4.69) is 73.8 Å². The third-order valence-electron chi connectivity index (χ3n) is 5.37. The van der Waals surface area contributed by atoms with E-state index in [4.69, 9.17) is 0 Å². The maximum Gasteiger partial charge on any atom is 0.231 e. The lowest BCUT2D eigenvalue weighted by molar-refractivity contribution is 0.475. The normalized spacial score (nSPS) is 14.9. The SMILES string of the molecule is CC(C)(C)c1ccc2nc(N=Nc3cc4c(cc3O)N(C(C)(C)C)CC4)sc2c1. The standard InChI is InChI=1S/C23H28N4OS/c1-22(2,3)15-7-8-16-20(12-15)29-21(24-16)26-25-17-11-14-9-10-27(23(4,5)6)18(14)13-19(17)28/h7-8,11-13,28H,9-10H2,1-6H3. The number of hydrogen-bond acceptors (Lipinski definition) is 6.